The first-order valence-corrected chi connectivity index (χ1v) is 8.60. The molecule has 8 heteroatoms. The fourth-order valence-corrected chi connectivity index (χ4v) is 3.19. The fourth-order valence-electron chi connectivity index (χ4n) is 2.69. The minimum Gasteiger partial charge on any atom is -0.353 e. The molecule has 132 valence electrons. The first kappa shape index (κ1) is 17.9. The van der Waals surface area contributed by atoms with Crippen molar-refractivity contribution < 1.29 is 9.18 Å². The van der Waals surface area contributed by atoms with E-state index in [0.29, 0.717) is 21.6 Å². The molecule has 0 atom stereocenters. The molecule has 2 heterocycles. The molecule has 3 rings (SSSR count). The lowest BCUT2D eigenvalue weighted by Gasteiger charge is -2.35. The third-order valence-corrected chi connectivity index (χ3v) is 4.44. The lowest BCUT2D eigenvalue weighted by atomic mass is 10.3. The average Bonchev–Trinajstić information content (AvgIpc) is 2.58. The SMILES string of the molecule is O=C(CN1CCN(c2ncc(Cl)cc2Cl)CC1)Nc1ccc(F)cc1. The number of hydrogen-bond donors (Lipinski definition) is 1. The van der Waals surface area contributed by atoms with Crippen LogP contribution in [0.4, 0.5) is 15.9 Å². The Morgan fingerprint density at radius 3 is 2.48 bits per heavy atom. The maximum atomic E-state index is 12.9. The number of carbonyl (C=O) groups excluding carboxylic acids is 1. The predicted molar refractivity (Wildman–Crippen MR) is 97.9 cm³/mol. The van der Waals surface area contributed by atoms with Crippen LogP contribution >= 0.6 is 23.2 Å². The Balaban J connectivity index is 1.50. The van der Waals surface area contributed by atoms with Gasteiger partial charge in [0.1, 0.15) is 11.6 Å². The molecule has 0 unspecified atom stereocenters. The first-order valence-electron chi connectivity index (χ1n) is 7.85. The zero-order chi connectivity index (χ0) is 17.8. The summed E-state index contributed by atoms with van der Waals surface area (Å²) in [5.74, 6) is 0.257. The Labute approximate surface area is 155 Å². The normalized spacial score (nSPS) is 15.2. The minimum absolute atomic E-state index is 0.122. The number of hydrogen-bond acceptors (Lipinski definition) is 4. The van der Waals surface area contributed by atoms with Crippen LogP contribution in [0.2, 0.25) is 10.0 Å². The highest BCUT2D eigenvalue weighted by atomic mass is 35.5. The molecule has 1 saturated heterocycles. The average molecular weight is 383 g/mol. The van der Waals surface area contributed by atoms with Crippen LogP contribution in [0.5, 0.6) is 0 Å². The zero-order valence-corrected chi connectivity index (χ0v) is 14.9. The summed E-state index contributed by atoms with van der Waals surface area (Å²) in [7, 11) is 0. The third kappa shape index (κ3) is 4.81. The summed E-state index contributed by atoms with van der Waals surface area (Å²) >= 11 is 12.1. The van der Waals surface area contributed by atoms with Crippen LogP contribution in [0, 0.1) is 5.82 Å². The van der Waals surface area contributed by atoms with Crippen LogP contribution in [0.15, 0.2) is 36.5 Å². The molecule has 1 aromatic carbocycles. The summed E-state index contributed by atoms with van der Waals surface area (Å²) in [5, 5.41) is 3.79. The van der Waals surface area contributed by atoms with Gasteiger partial charge in [0.2, 0.25) is 5.91 Å². The molecule has 0 bridgehead atoms. The molecule has 25 heavy (non-hydrogen) atoms. The standard InChI is InChI=1S/C17H17Cl2FN4O/c18-12-9-15(19)17(21-10-12)24-7-5-23(6-8-24)11-16(25)22-14-3-1-13(20)2-4-14/h1-4,9-10H,5-8,11H2,(H,22,25). The largest absolute Gasteiger partial charge is 0.353 e. The second-order valence-electron chi connectivity index (χ2n) is 5.78. The number of anilines is 2. The molecule has 1 N–H and O–H groups in total. The van der Waals surface area contributed by atoms with Gasteiger partial charge >= 0.3 is 0 Å². The van der Waals surface area contributed by atoms with Gasteiger partial charge in [-0.25, -0.2) is 9.37 Å². The molecule has 0 aliphatic carbocycles. The van der Waals surface area contributed by atoms with E-state index in [1.807, 2.05) is 0 Å². The van der Waals surface area contributed by atoms with Crippen molar-refractivity contribution >= 4 is 40.6 Å². The number of amides is 1. The number of rotatable bonds is 4. The van der Waals surface area contributed by atoms with Crippen LogP contribution in [-0.2, 0) is 4.79 Å². The van der Waals surface area contributed by atoms with E-state index >= 15 is 0 Å². The van der Waals surface area contributed by atoms with E-state index in [-0.39, 0.29) is 18.3 Å². The lowest BCUT2D eigenvalue weighted by Crippen LogP contribution is -2.49. The maximum Gasteiger partial charge on any atom is 0.238 e. The number of benzene rings is 1. The number of nitrogens with one attached hydrogen (secondary N) is 1. The topological polar surface area (TPSA) is 48.5 Å². The molecule has 2 aromatic rings. The van der Waals surface area contributed by atoms with Gasteiger partial charge in [-0.15, -0.1) is 0 Å². The minimum atomic E-state index is -0.330. The van der Waals surface area contributed by atoms with Gasteiger partial charge in [0.05, 0.1) is 16.6 Å². The van der Waals surface area contributed by atoms with Gasteiger partial charge in [-0.05, 0) is 30.3 Å². The Kier molecular flexibility index (Phi) is 5.73. The van der Waals surface area contributed by atoms with Crippen LogP contribution in [-0.4, -0.2) is 48.5 Å². The van der Waals surface area contributed by atoms with Gasteiger partial charge in [0.25, 0.3) is 0 Å². The molecule has 5 nitrogen and oxygen atoms in total. The van der Waals surface area contributed by atoms with Crippen molar-refractivity contribution in [2.24, 2.45) is 0 Å². The van der Waals surface area contributed by atoms with Gasteiger partial charge < -0.3 is 10.2 Å². The second-order valence-corrected chi connectivity index (χ2v) is 6.62. The van der Waals surface area contributed by atoms with E-state index in [1.54, 1.807) is 24.4 Å². The number of pyridine rings is 1. The van der Waals surface area contributed by atoms with E-state index < -0.39 is 0 Å². The van der Waals surface area contributed by atoms with Gasteiger partial charge in [0, 0.05) is 38.1 Å². The van der Waals surface area contributed by atoms with Crippen molar-refractivity contribution in [1.82, 2.24) is 9.88 Å². The molecule has 1 aliphatic rings. The van der Waals surface area contributed by atoms with Gasteiger partial charge in [0.15, 0.2) is 0 Å². The molecule has 1 fully saturated rings. The maximum absolute atomic E-state index is 12.9. The van der Waals surface area contributed by atoms with Crippen molar-refractivity contribution in [3.63, 3.8) is 0 Å². The molecule has 0 saturated carbocycles. The van der Waals surface area contributed by atoms with Crippen LogP contribution in [0.1, 0.15) is 0 Å². The van der Waals surface area contributed by atoms with Crippen LogP contribution < -0.4 is 10.2 Å². The fraction of sp³-hybridized carbons (Fsp3) is 0.294. The Morgan fingerprint density at radius 2 is 1.84 bits per heavy atom. The Bertz CT molecular complexity index is 749. The van der Waals surface area contributed by atoms with Gasteiger partial charge in [-0.1, -0.05) is 23.2 Å². The molecule has 0 spiro atoms. The third-order valence-electron chi connectivity index (χ3n) is 3.96. The van der Waals surface area contributed by atoms with Gasteiger partial charge in [-0.3, -0.25) is 9.69 Å². The predicted octanol–water partition coefficient (Wildman–Crippen LogP) is 3.29. The summed E-state index contributed by atoms with van der Waals surface area (Å²) < 4.78 is 12.9. The van der Waals surface area contributed by atoms with Crippen molar-refractivity contribution in [2.45, 2.75) is 0 Å². The van der Waals surface area contributed by atoms with Crippen molar-refractivity contribution in [3.8, 4) is 0 Å². The van der Waals surface area contributed by atoms with E-state index in [0.717, 1.165) is 26.2 Å². The molecular formula is C17H17Cl2FN4O. The number of halogens is 3. The van der Waals surface area contributed by atoms with Crippen LogP contribution in [0.3, 0.4) is 0 Å². The smallest absolute Gasteiger partial charge is 0.238 e. The molecule has 1 aromatic heterocycles. The summed E-state index contributed by atoms with van der Waals surface area (Å²) in [4.78, 5) is 20.5. The number of carbonyl (C=O) groups is 1. The van der Waals surface area contributed by atoms with Gasteiger partial charge in [-0.2, -0.15) is 0 Å². The summed E-state index contributed by atoms with van der Waals surface area (Å²) in [6.07, 6.45) is 1.57. The first-order chi connectivity index (χ1) is 12.0. The summed E-state index contributed by atoms with van der Waals surface area (Å²) in [5.41, 5.74) is 0.585. The second kappa shape index (κ2) is 7.99. The molecule has 1 amide bonds. The lowest BCUT2D eigenvalue weighted by molar-refractivity contribution is -0.117. The zero-order valence-electron chi connectivity index (χ0n) is 13.4. The molecular weight excluding hydrogens is 366 g/mol. The summed E-state index contributed by atoms with van der Waals surface area (Å²) in [6, 6.07) is 7.39. The number of nitrogens with zero attached hydrogens (tertiary/aromatic N) is 3. The van der Waals surface area contributed by atoms with E-state index in [4.69, 9.17) is 23.2 Å². The highest BCUT2D eigenvalue weighted by molar-refractivity contribution is 6.36. The van der Waals surface area contributed by atoms with Crippen molar-refractivity contribution in [2.75, 3.05) is 42.9 Å². The van der Waals surface area contributed by atoms with Crippen molar-refractivity contribution in [1.29, 1.82) is 0 Å². The number of aromatic nitrogens is 1. The highest BCUT2D eigenvalue weighted by Crippen LogP contribution is 2.26. The monoisotopic (exact) mass is 382 g/mol. The Hall–Kier alpha value is -1.89. The quantitative estimate of drug-likeness (QED) is 0.881. The van der Waals surface area contributed by atoms with Crippen molar-refractivity contribution in [3.05, 3.63) is 52.4 Å². The number of piperazine rings is 1. The Morgan fingerprint density at radius 1 is 1.16 bits per heavy atom. The van der Waals surface area contributed by atoms with E-state index in [1.165, 1.54) is 12.1 Å². The summed E-state index contributed by atoms with van der Waals surface area (Å²) in [6.45, 7) is 3.16. The molecule has 0 radical (unpaired) electrons. The van der Waals surface area contributed by atoms with E-state index in [9.17, 15) is 9.18 Å². The molecule has 1 aliphatic heterocycles. The van der Waals surface area contributed by atoms with Crippen LogP contribution in [0.25, 0.3) is 0 Å². The van der Waals surface area contributed by atoms with E-state index in [2.05, 4.69) is 20.1 Å². The highest BCUT2D eigenvalue weighted by Gasteiger charge is 2.21.